The van der Waals surface area contributed by atoms with Crippen molar-refractivity contribution in [3.05, 3.63) is 0 Å². The highest BCUT2D eigenvalue weighted by molar-refractivity contribution is 5.75. The Morgan fingerprint density at radius 3 is 2.71 bits per heavy atom. The van der Waals surface area contributed by atoms with Gasteiger partial charge < -0.3 is 15.0 Å². The zero-order valence-electron chi connectivity index (χ0n) is 9.25. The number of rotatable bonds is 5. The van der Waals surface area contributed by atoms with Crippen molar-refractivity contribution in [3.8, 4) is 0 Å². The lowest BCUT2D eigenvalue weighted by Gasteiger charge is -2.27. The van der Waals surface area contributed by atoms with Gasteiger partial charge in [-0.3, -0.25) is 0 Å². The number of ether oxygens (including phenoxy) is 1. The number of methoxy groups -OCH3 is 1. The molecule has 0 saturated heterocycles. The Kier molecular flexibility index (Phi) is 4.20. The van der Waals surface area contributed by atoms with Crippen LogP contribution in [0.3, 0.4) is 0 Å². The Morgan fingerprint density at radius 2 is 2.29 bits per heavy atom. The van der Waals surface area contributed by atoms with Crippen LogP contribution in [0.2, 0.25) is 0 Å². The molecule has 0 bridgehead atoms. The van der Waals surface area contributed by atoms with Crippen LogP contribution < -0.4 is 5.32 Å². The number of nitrogens with zero attached hydrogens (tertiary/aromatic N) is 1. The summed E-state index contributed by atoms with van der Waals surface area (Å²) in [6.07, 6.45) is 2.25. The number of hydrogen-bond acceptors (Lipinski definition) is 2. The topological polar surface area (TPSA) is 41.6 Å². The zero-order valence-corrected chi connectivity index (χ0v) is 9.25. The molecule has 82 valence electrons. The predicted octanol–water partition coefficient (Wildman–Crippen LogP) is 1.22. The fourth-order valence-electron chi connectivity index (χ4n) is 1.47. The van der Waals surface area contributed by atoms with Gasteiger partial charge in [-0.25, -0.2) is 4.79 Å². The third kappa shape index (κ3) is 3.18. The number of carbonyl (C=O) groups excluding carboxylic acids is 1. The van der Waals surface area contributed by atoms with E-state index in [1.54, 1.807) is 7.11 Å². The summed E-state index contributed by atoms with van der Waals surface area (Å²) in [7, 11) is 1.66. The van der Waals surface area contributed by atoms with Crippen molar-refractivity contribution >= 4 is 6.03 Å². The molecule has 1 unspecified atom stereocenters. The average Bonchev–Trinajstić information content (AvgIpc) is 2.90. The van der Waals surface area contributed by atoms with Crippen molar-refractivity contribution < 1.29 is 9.53 Å². The van der Waals surface area contributed by atoms with Gasteiger partial charge >= 0.3 is 6.03 Å². The van der Waals surface area contributed by atoms with Crippen LogP contribution in [0, 0.1) is 0 Å². The number of carbonyl (C=O) groups is 1. The van der Waals surface area contributed by atoms with Crippen molar-refractivity contribution in [3.63, 3.8) is 0 Å². The molecular weight excluding hydrogens is 180 g/mol. The molecule has 0 aromatic heterocycles. The van der Waals surface area contributed by atoms with Gasteiger partial charge in [0.05, 0.1) is 12.6 Å². The first-order valence-corrected chi connectivity index (χ1v) is 5.25. The summed E-state index contributed by atoms with van der Waals surface area (Å²) in [5.41, 5.74) is 0. The minimum atomic E-state index is 0.0413. The number of hydrogen-bond donors (Lipinski definition) is 1. The van der Waals surface area contributed by atoms with Crippen molar-refractivity contribution in [1.82, 2.24) is 10.2 Å². The van der Waals surface area contributed by atoms with Gasteiger partial charge in [-0.2, -0.15) is 0 Å². The van der Waals surface area contributed by atoms with Gasteiger partial charge in [0.15, 0.2) is 0 Å². The molecule has 1 rings (SSSR count). The molecule has 1 aliphatic carbocycles. The van der Waals surface area contributed by atoms with E-state index in [9.17, 15) is 4.79 Å². The van der Waals surface area contributed by atoms with E-state index in [0.717, 1.165) is 19.4 Å². The normalized spacial score (nSPS) is 17.6. The summed E-state index contributed by atoms with van der Waals surface area (Å²) in [5, 5.41) is 2.98. The van der Waals surface area contributed by atoms with E-state index in [2.05, 4.69) is 5.32 Å². The lowest BCUT2D eigenvalue weighted by Crippen LogP contribution is -2.47. The summed E-state index contributed by atoms with van der Waals surface area (Å²) in [6.45, 7) is 5.30. The molecule has 1 fully saturated rings. The zero-order chi connectivity index (χ0) is 10.6. The maximum atomic E-state index is 11.7. The molecule has 1 saturated carbocycles. The minimum absolute atomic E-state index is 0.0413. The second kappa shape index (κ2) is 5.20. The molecule has 1 atom stereocenters. The quantitative estimate of drug-likeness (QED) is 0.725. The third-order valence-corrected chi connectivity index (χ3v) is 2.45. The molecule has 14 heavy (non-hydrogen) atoms. The smallest absolute Gasteiger partial charge is 0.317 e. The first-order valence-electron chi connectivity index (χ1n) is 5.25. The van der Waals surface area contributed by atoms with Gasteiger partial charge in [-0.15, -0.1) is 0 Å². The van der Waals surface area contributed by atoms with E-state index in [4.69, 9.17) is 4.74 Å². The van der Waals surface area contributed by atoms with Crippen molar-refractivity contribution in [2.24, 2.45) is 0 Å². The van der Waals surface area contributed by atoms with Crippen molar-refractivity contribution in [2.45, 2.75) is 38.8 Å². The molecule has 0 radical (unpaired) electrons. The summed E-state index contributed by atoms with van der Waals surface area (Å²) < 4.78 is 5.04. The van der Waals surface area contributed by atoms with Gasteiger partial charge in [-0.05, 0) is 26.7 Å². The lowest BCUT2D eigenvalue weighted by molar-refractivity contribution is 0.114. The molecule has 2 amide bonds. The molecule has 0 aromatic carbocycles. The Labute approximate surface area is 85.6 Å². The molecule has 0 heterocycles. The number of likely N-dealkylation sites (N-methyl/N-ethyl adjacent to an activating group) is 1. The van der Waals surface area contributed by atoms with E-state index in [1.807, 2.05) is 18.7 Å². The summed E-state index contributed by atoms with van der Waals surface area (Å²) in [6, 6.07) is 0.606. The van der Waals surface area contributed by atoms with Crippen molar-refractivity contribution in [2.75, 3.05) is 20.3 Å². The van der Waals surface area contributed by atoms with Crippen LogP contribution in [-0.4, -0.2) is 43.3 Å². The second-order valence-electron chi connectivity index (χ2n) is 3.81. The maximum absolute atomic E-state index is 11.7. The number of urea groups is 1. The van der Waals surface area contributed by atoms with Crippen LogP contribution >= 0.6 is 0 Å². The van der Waals surface area contributed by atoms with Crippen LogP contribution in [0.5, 0.6) is 0 Å². The molecule has 4 heteroatoms. The summed E-state index contributed by atoms with van der Waals surface area (Å²) in [4.78, 5) is 13.5. The van der Waals surface area contributed by atoms with E-state index in [0.29, 0.717) is 12.6 Å². The van der Waals surface area contributed by atoms with Crippen LogP contribution in [-0.2, 0) is 4.74 Å². The summed E-state index contributed by atoms with van der Waals surface area (Å²) >= 11 is 0. The summed E-state index contributed by atoms with van der Waals surface area (Å²) in [5.74, 6) is 0. The van der Waals surface area contributed by atoms with Gasteiger partial charge in [-0.1, -0.05) is 0 Å². The molecule has 0 aliphatic heterocycles. The van der Waals surface area contributed by atoms with Crippen LogP contribution in [0.4, 0.5) is 4.79 Å². The fourth-order valence-corrected chi connectivity index (χ4v) is 1.47. The number of amides is 2. The van der Waals surface area contributed by atoms with Crippen LogP contribution in [0.15, 0.2) is 0 Å². The Hall–Kier alpha value is -0.770. The highest BCUT2D eigenvalue weighted by atomic mass is 16.5. The Balaban J connectivity index is 2.37. The highest BCUT2D eigenvalue weighted by Gasteiger charge is 2.27. The fraction of sp³-hybridized carbons (Fsp3) is 0.900. The molecular formula is C10H20N2O2. The van der Waals surface area contributed by atoms with E-state index in [1.165, 1.54) is 0 Å². The molecule has 0 aromatic rings. The molecule has 1 N–H and O–H groups in total. The Morgan fingerprint density at radius 1 is 1.64 bits per heavy atom. The lowest BCUT2D eigenvalue weighted by atomic mass is 10.3. The van der Waals surface area contributed by atoms with E-state index in [-0.39, 0.29) is 12.1 Å². The van der Waals surface area contributed by atoms with Crippen LogP contribution in [0.1, 0.15) is 26.7 Å². The average molecular weight is 200 g/mol. The third-order valence-electron chi connectivity index (χ3n) is 2.45. The van der Waals surface area contributed by atoms with E-state index < -0.39 is 0 Å². The predicted molar refractivity (Wildman–Crippen MR) is 55.3 cm³/mol. The first kappa shape index (κ1) is 11.3. The van der Waals surface area contributed by atoms with Crippen molar-refractivity contribution in [1.29, 1.82) is 0 Å². The van der Waals surface area contributed by atoms with E-state index >= 15 is 0 Å². The van der Waals surface area contributed by atoms with Gasteiger partial charge in [0.25, 0.3) is 0 Å². The monoisotopic (exact) mass is 200 g/mol. The molecule has 4 nitrogen and oxygen atoms in total. The minimum Gasteiger partial charge on any atom is -0.383 e. The highest BCUT2D eigenvalue weighted by Crippen LogP contribution is 2.19. The second-order valence-corrected chi connectivity index (χ2v) is 3.81. The Bertz CT molecular complexity index is 193. The van der Waals surface area contributed by atoms with Gasteiger partial charge in [0.1, 0.15) is 0 Å². The molecule has 1 aliphatic rings. The number of nitrogens with one attached hydrogen (secondary N) is 1. The van der Waals surface area contributed by atoms with Crippen LogP contribution in [0.25, 0.3) is 0 Å². The first-order chi connectivity index (χ1) is 6.69. The SMILES string of the molecule is CCN(C(=O)NC1CC1)C(C)COC. The van der Waals surface area contributed by atoms with Gasteiger partial charge in [0.2, 0.25) is 0 Å². The van der Waals surface area contributed by atoms with Gasteiger partial charge in [0, 0.05) is 19.7 Å². The maximum Gasteiger partial charge on any atom is 0.317 e. The molecule has 0 spiro atoms. The standard InChI is InChI=1S/C10H20N2O2/c1-4-12(8(2)7-14-3)10(13)11-9-5-6-9/h8-9H,4-7H2,1-3H3,(H,11,13). The largest absolute Gasteiger partial charge is 0.383 e.